The Morgan fingerprint density at radius 1 is 0.903 bits per heavy atom. The van der Waals surface area contributed by atoms with Crippen molar-refractivity contribution in [1.29, 1.82) is 0 Å². The molecule has 6 nitrogen and oxygen atoms in total. The van der Waals surface area contributed by atoms with Gasteiger partial charge in [-0.3, -0.25) is 14.4 Å². The number of aromatic amines is 1. The molecular weight excluding hydrogens is 404 g/mol. The number of para-hydroxylation sites is 2. The van der Waals surface area contributed by atoms with Crippen LogP contribution in [0.25, 0.3) is 21.8 Å². The Hall–Kier alpha value is -4.33. The molecule has 1 heterocycles. The second-order valence-electron chi connectivity index (χ2n) is 6.69. The maximum Gasteiger partial charge on any atom is 0.257 e. The van der Waals surface area contributed by atoms with Crippen molar-refractivity contribution in [2.75, 3.05) is 10.6 Å². The number of amides is 2. The Kier molecular flexibility index (Phi) is 5.04. The van der Waals surface area contributed by atoms with Crippen molar-refractivity contribution in [1.82, 2.24) is 4.98 Å². The highest BCUT2D eigenvalue weighted by atomic mass is 19.1. The largest absolute Gasteiger partial charge is 0.351 e. The van der Waals surface area contributed by atoms with Gasteiger partial charge >= 0.3 is 0 Å². The van der Waals surface area contributed by atoms with Gasteiger partial charge in [0.2, 0.25) is 5.91 Å². The minimum atomic E-state index is -0.690. The number of aromatic nitrogens is 1. The summed E-state index contributed by atoms with van der Waals surface area (Å²) >= 11 is 0. The summed E-state index contributed by atoms with van der Waals surface area (Å²) in [6.07, 6.45) is 0.987. The van der Waals surface area contributed by atoms with Crippen molar-refractivity contribution in [2.45, 2.75) is 0 Å². The second-order valence-corrected chi connectivity index (χ2v) is 6.69. The minimum Gasteiger partial charge on any atom is -0.351 e. The molecule has 0 fully saturated rings. The Labute approximate surface area is 174 Å². The third kappa shape index (κ3) is 3.66. The first kappa shape index (κ1) is 20.0. The van der Waals surface area contributed by atoms with Crippen molar-refractivity contribution < 1.29 is 18.4 Å². The molecule has 8 heteroatoms. The van der Waals surface area contributed by atoms with E-state index in [2.05, 4.69) is 22.2 Å². The van der Waals surface area contributed by atoms with Crippen LogP contribution in [0.1, 0.15) is 10.4 Å². The zero-order valence-electron chi connectivity index (χ0n) is 16.0. The highest BCUT2D eigenvalue weighted by Crippen LogP contribution is 2.23. The van der Waals surface area contributed by atoms with E-state index in [1.165, 1.54) is 48.5 Å². The predicted octanol–water partition coefficient (Wildman–Crippen LogP) is 4.34. The van der Waals surface area contributed by atoms with Crippen molar-refractivity contribution >= 4 is 45.0 Å². The number of H-pyrrole nitrogens is 1. The van der Waals surface area contributed by atoms with E-state index in [4.69, 9.17) is 0 Å². The summed E-state index contributed by atoms with van der Waals surface area (Å²) in [5.41, 5.74) is -0.0737. The van der Waals surface area contributed by atoms with Gasteiger partial charge in [-0.1, -0.05) is 18.7 Å². The van der Waals surface area contributed by atoms with Gasteiger partial charge in [0.1, 0.15) is 11.6 Å². The fourth-order valence-corrected chi connectivity index (χ4v) is 3.26. The molecule has 0 radical (unpaired) electrons. The molecule has 0 aliphatic rings. The molecule has 1 aromatic heterocycles. The van der Waals surface area contributed by atoms with Gasteiger partial charge < -0.3 is 15.6 Å². The number of pyridine rings is 1. The van der Waals surface area contributed by atoms with Crippen LogP contribution in [0.15, 0.2) is 72.0 Å². The van der Waals surface area contributed by atoms with Crippen LogP contribution in [0.2, 0.25) is 0 Å². The topological polar surface area (TPSA) is 91.1 Å². The number of halogens is 2. The first-order chi connectivity index (χ1) is 14.9. The Morgan fingerprint density at radius 3 is 2.35 bits per heavy atom. The lowest BCUT2D eigenvalue weighted by Crippen LogP contribution is -2.15. The number of fused-ring (bicyclic) bond motifs is 2. The van der Waals surface area contributed by atoms with Gasteiger partial charge in [-0.05, 0) is 48.5 Å². The summed E-state index contributed by atoms with van der Waals surface area (Å²) in [5, 5.41) is 5.30. The molecule has 0 atom stereocenters. The molecule has 3 N–H and O–H groups in total. The Morgan fingerprint density at radius 2 is 1.61 bits per heavy atom. The molecule has 0 saturated carbocycles. The number of carbonyl (C=O) groups excluding carboxylic acids is 2. The number of benzene rings is 3. The van der Waals surface area contributed by atoms with Gasteiger partial charge in [0, 0.05) is 16.5 Å². The number of carbonyl (C=O) groups is 2. The van der Waals surface area contributed by atoms with Crippen LogP contribution in [0.4, 0.5) is 20.2 Å². The van der Waals surface area contributed by atoms with Crippen LogP contribution in [0.3, 0.4) is 0 Å². The summed E-state index contributed by atoms with van der Waals surface area (Å²) in [5.74, 6) is -2.52. The van der Waals surface area contributed by atoms with Crippen LogP contribution >= 0.6 is 0 Å². The van der Waals surface area contributed by atoms with Crippen LogP contribution < -0.4 is 16.1 Å². The molecule has 4 rings (SSSR count). The molecular formula is C23H15F2N3O3. The van der Waals surface area contributed by atoms with E-state index >= 15 is 0 Å². The SMILES string of the molecule is C=CC(=O)Nc1cc(NC(=O)c2cccc3c(=O)c4cccc(F)c4[nH]c23)ccc1F. The Bertz CT molecular complexity index is 1440. The van der Waals surface area contributed by atoms with Crippen LogP contribution in [-0.4, -0.2) is 16.8 Å². The summed E-state index contributed by atoms with van der Waals surface area (Å²) < 4.78 is 28.2. The lowest BCUT2D eigenvalue weighted by atomic mass is 10.1. The summed E-state index contributed by atoms with van der Waals surface area (Å²) in [7, 11) is 0. The number of anilines is 2. The molecule has 3 aromatic carbocycles. The first-order valence-corrected chi connectivity index (χ1v) is 9.16. The predicted molar refractivity (Wildman–Crippen MR) is 115 cm³/mol. The number of hydrogen-bond donors (Lipinski definition) is 3. The van der Waals surface area contributed by atoms with Crippen molar-refractivity contribution in [3.8, 4) is 0 Å². The van der Waals surface area contributed by atoms with Gasteiger partial charge in [0.15, 0.2) is 5.43 Å². The molecule has 0 bridgehead atoms. The maximum absolute atomic E-state index is 14.2. The molecule has 154 valence electrons. The molecule has 0 saturated heterocycles. The lowest BCUT2D eigenvalue weighted by molar-refractivity contribution is -0.111. The van der Waals surface area contributed by atoms with Crippen LogP contribution in [-0.2, 0) is 4.79 Å². The average molecular weight is 419 g/mol. The fraction of sp³-hybridized carbons (Fsp3) is 0. The van der Waals surface area contributed by atoms with E-state index in [0.717, 1.165) is 12.1 Å². The van der Waals surface area contributed by atoms with E-state index in [1.54, 1.807) is 0 Å². The third-order valence-corrected chi connectivity index (χ3v) is 4.73. The quantitative estimate of drug-likeness (QED) is 0.340. The minimum absolute atomic E-state index is 0.00328. The van der Waals surface area contributed by atoms with Gasteiger partial charge in [-0.2, -0.15) is 0 Å². The van der Waals surface area contributed by atoms with Crippen molar-refractivity contribution in [2.24, 2.45) is 0 Å². The second kappa shape index (κ2) is 7.83. The molecule has 4 aromatic rings. The Balaban J connectivity index is 1.77. The van der Waals surface area contributed by atoms with E-state index in [0.29, 0.717) is 0 Å². The van der Waals surface area contributed by atoms with Gasteiger partial charge in [-0.25, -0.2) is 8.78 Å². The molecule has 2 amide bonds. The number of rotatable bonds is 4. The number of hydrogen-bond acceptors (Lipinski definition) is 3. The molecule has 0 aliphatic carbocycles. The van der Waals surface area contributed by atoms with E-state index in [9.17, 15) is 23.2 Å². The van der Waals surface area contributed by atoms with Crippen LogP contribution in [0, 0.1) is 11.6 Å². The average Bonchev–Trinajstić information content (AvgIpc) is 2.76. The maximum atomic E-state index is 14.2. The zero-order valence-corrected chi connectivity index (χ0v) is 16.0. The standard InChI is InChI=1S/C23H15F2N3O3/c1-2-19(29)27-18-11-12(9-10-16(18)24)26-23(31)15-7-3-5-13-20(15)28-21-14(22(13)30)6-4-8-17(21)25/h2-11H,1H2,(H,26,31)(H,27,29)(H,28,30). The van der Waals surface area contributed by atoms with Gasteiger partial charge in [0.05, 0.1) is 22.3 Å². The van der Waals surface area contributed by atoms with Crippen LogP contribution in [0.5, 0.6) is 0 Å². The van der Waals surface area contributed by atoms with E-state index in [-0.39, 0.29) is 38.7 Å². The lowest BCUT2D eigenvalue weighted by Gasteiger charge is -2.11. The van der Waals surface area contributed by atoms with Gasteiger partial charge in [0.25, 0.3) is 5.91 Å². The third-order valence-electron chi connectivity index (χ3n) is 4.73. The molecule has 0 aliphatic heterocycles. The summed E-state index contributed by atoms with van der Waals surface area (Å²) in [4.78, 5) is 40.0. The highest BCUT2D eigenvalue weighted by molar-refractivity contribution is 6.13. The summed E-state index contributed by atoms with van der Waals surface area (Å²) in [6.45, 7) is 3.30. The monoisotopic (exact) mass is 419 g/mol. The molecule has 31 heavy (non-hydrogen) atoms. The highest BCUT2D eigenvalue weighted by Gasteiger charge is 2.16. The van der Waals surface area contributed by atoms with Crippen molar-refractivity contribution in [3.63, 3.8) is 0 Å². The first-order valence-electron chi connectivity index (χ1n) is 9.16. The fourth-order valence-electron chi connectivity index (χ4n) is 3.26. The molecule has 0 spiro atoms. The van der Waals surface area contributed by atoms with E-state index in [1.807, 2.05) is 0 Å². The number of nitrogens with one attached hydrogen (secondary N) is 3. The van der Waals surface area contributed by atoms with Gasteiger partial charge in [-0.15, -0.1) is 0 Å². The van der Waals surface area contributed by atoms with E-state index < -0.39 is 28.9 Å². The smallest absolute Gasteiger partial charge is 0.257 e. The molecule has 0 unspecified atom stereocenters. The zero-order chi connectivity index (χ0) is 22.1. The summed E-state index contributed by atoms with van der Waals surface area (Å²) in [6, 6.07) is 12.4. The normalized spacial score (nSPS) is 10.8. The van der Waals surface area contributed by atoms with Crippen molar-refractivity contribution in [3.05, 3.63) is 94.7 Å².